The van der Waals surface area contributed by atoms with Crippen molar-refractivity contribution in [2.45, 2.75) is 63.5 Å². The molecule has 39 heavy (non-hydrogen) atoms. The molecule has 3 aliphatic rings. The van der Waals surface area contributed by atoms with Gasteiger partial charge in [-0.3, -0.25) is 0 Å². The number of halogens is 3. The summed E-state index contributed by atoms with van der Waals surface area (Å²) in [4.78, 5) is 12.7. The predicted octanol–water partition coefficient (Wildman–Crippen LogP) is 6.87. The van der Waals surface area contributed by atoms with Gasteiger partial charge in [0.05, 0.1) is 30.9 Å². The second kappa shape index (κ2) is 10.1. The molecule has 9 heteroatoms. The van der Waals surface area contributed by atoms with Crippen molar-refractivity contribution in [1.82, 2.24) is 14.5 Å². The highest BCUT2D eigenvalue weighted by molar-refractivity contribution is 6.03. The Bertz CT molecular complexity index is 1440. The highest BCUT2D eigenvalue weighted by Crippen LogP contribution is 2.49. The first-order valence-electron chi connectivity index (χ1n) is 13.5. The van der Waals surface area contributed by atoms with Gasteiger partial charge in [0.1, 0.15) is 5.75 Å². The molecule has 1 spiro atoms. The first kappa shape index (κ1) is 25.5. The summed E-state index contributed by atoms with van der Waals surface area (Å²) in [7, 11) is 1.64. The first-order chi connectivity index (χ1) is 18.9. The number of imidazole rings is 1. The van der Waals surface area contributed by atoms with E-state index in [0.717, 1.165) is 79.6 Å². The lowest BCUT2D eigenvalue weighted by Crippen LogP contribution is -2.55. The van der Waals surface area contributed by atoms with E-state index in [4.69, 9.17) is 9.57 Å². The van der Waals surface area contributed by atoms with Gasteiger partial charge < -0.3 is 19.0 Å². The Kier molecular flexibility index (Phi) is 6.61. The van der Waals surface area contributed by atoms with Crippen molar-refractivity contribution >= 4 is 11.9 Å². The van der Waals surface area contributed by atoms with Crippen LogP contribution in [0.3, 0.4) is 0 Å². The zero-order valence-electron chi connectivity index (χ0n) is 22.1. The largest absolute Gasteiger partial charge is 0.495 e. The fourth-order valence-electron chi connectivity index (χ4n) is 6.29. The van der Waals surface area contributed by atoms with Crippen molar-refractivity contribution in [3.05, 3.63) is 82.7 Å². The van der Waals surface area contributed by atoms with Crippen LogP contribution < -0.4 is 4.74 Å². The van der Waals surface area contributed by atoms with Crippen LogP contribution in [0, 0.1) is 24.4 Å². The number of benzene rings is 2. The van der Waals surface area contributed by atoms with Crippen LogP contribution in [0.2, 0.25) is 0 Å². The number of piperidine rings is 1. The fraction of sp³-hybridized carbons (Fsp3) is 0.400. The van der Waals surface area contributed by atoms with Crippen molar-refractivity contribution in [3.63, 3.8) is 0 Å². The Morgan fingerprint density at radius 1 is 1.05 bits per heavy atom. The van der Waals surface area contributed by atoms with Gasteiger partial charge in [0.2, 0.25) is 0 Å². The Morgan fingerprint density at radius 3 is 2.51 bits per heavy atom. The van der Waals surface area contributed by atoms with Crippen LogP contribution in [0.1, 0.15) is 67.8 Å². The molecule has 0 N–H and O–H groups in total. The molecule has 0 bridgehead atoms. The molecule has 1 saturated heterocycles. The number of aryl methyl sites for hydroxylation is 1. The Balaban J connectivity index is 1.39. The molecular formula is C30H31F3N4O2. The van der Waals surface area contributed by atoms with Crippen LogP contribution in [0.5, 0.6) is 5.75 Å². The molecule has 2 aliphatic heterocycles. The van der Waals surface area contributed by atoms with Gasteiger partial charge in [0.15, 0.2) is 28.9 Å². The Labute approximate surface area is 225 Å². The summed E-state index contributed by atoms with van der Waals surface area (Å²) in [6, 6.07) is 7.71. The summed E-state index contributed by atoms with van der Waals surface area (Å²) in [5.74, 6) is -2.47. The molecule has 1 aromatic heterocycles. The second-order valence-corrected chi connectivity index (χ2v) is 10.7. The van der Waals surface area contributed by atoms with E-state index in [1.54, 1.807) is 13.4 Å². The van der Waals surface area contributed by atoms with Gasteiger partial charge in [0.25, 0.3) is 0 Å². The van der Waals surface area contributed by atoms with E-state index < -0.39 is 29.1 Å². The number of hydrogen-bond acceptors (Lipinski definition) is 5. The number of nitrogens with zero attached hydrogens (tertiary/aromatic N) is 4. The van der Waals surface area contributed by atoms with Crippen molar-refractivity contribution in [2.75, 3.05) is 13.7 Å². The average molecular weight is 537 g/mol. The zero-order chi connectivity index (χ0) is 27.1. The lowest BCUT2D eigenvalue weighted by Gasteiger charge is -2.51. The molecular weight excluding hydrogens is 505 g/mol. The second-order valence-electron chi connectivity index (χ2n) is 10.7. The van der Waals surface area contributed by atoms with Gasteiger partial charge in [0, 0.05) is 12.7 Å². The molecule has 1 saturated carbocycles. The highest BCUT2D eigenvalue weighted by Gasteiger charge is 2.51. The van der Waals surface area contributed by atoms with E-state index in [1.807, 2.05) is 35.9 Å². The van der Waals surface area contributed by atoms with E-state index >= 15 is 0 Å². The van der Waals surface area contributed by atoms with Crippen LogP contribution in [0.15, 0.2) is 53.6 Å². The van der Waals surface area contributed by atoms with Crippen molar-refractivity contribution in [3.8, 4) is 11.4 Å². The van der Waals surface area contributed by atoms with Crippen molar-refractivity contribution in [1.29, 1.82) is 0 Å². The summed E-state index contributed by atoms with van der Waals surface area (Å²) in [5, 5.41) is 4.62. The number of methoxy groups -OCH3 is 1. The normalized spacial score (nSPS) is 21.5. The number of ether oxygens (including phenoxy) is 1. The molecule has 3 aromatic rings. The molecule has 1 aliphatic carbocycles. The van der Waals surface area contributed by atoms with Crippen molar-refractivity contribution in [2.24, 2.45) is 5.16 Å². The molecule has 2 aromatic carbocycles. The smallest absolute Gasteiger partial charge is 0.194 e. The maximum atomic E-state index is 14.4. The van der Waals surface area contributed by atoms with Crippen LogP contribution in [-0.4, -0.2) is 39.5 Å². The molecule has 204 valence electrons. The molecule has 1 unspecified atom stereocenters. The predicted molar refractivity (Wildman–Crippen MR) is 142 cm³/mol. The van der Waals surface area contributed by atoms with Gasteiger partial charge in [-0.05, 0) is 92.5 Å². The van der Waals surface area contributed by atoms with Crippen LogP contribution in [0.4, 0.5) is 13.2 Å². The zero-order valence-corrected chi connectivity index (χ0v) is 22.1. The van der Waals surface area contributed by atoms with Gasteiger partial charge >= 0.3 is 0 Å². The number of amidine groups is 1. The SMILES string of the molecule is COc1cc(C=C2CCCN3C2=NOC2(CCCCC2)C3c2cc(F)c(F)c(F)c2)ccc1-n1cnc(C)c1. The molecule has 6 rings (SSSR count). The number of oxime groups is 1. The summed E-state index contributed by atoms with van der Waals surface area (Å²) in [5.41, 5.74) is 3.35. The van der Waals surface area contributed by atoms with E-state index in [-0.39, 0.29) is 0 Å². The molecule has 2 fully saturated rings. The molecule has 0 radical (unpaired) electrons. The number of rotatable bonds is 4. The highest BCUT2D eigenvalue weighted by atomic mass is 19.2. The Hall–Kier alpha value is -3.75. The monoisotopic (exact) mass is 536 g/mol. The van der Waals surface area contributed by atoms with Crippen LogP contribution >= 0.6 is 0 Å². The standard InChI is InChI=1S/C30H31F3N4O2/c1-19-17-36(18-34-19)25-9-8-20(14-26(25)38-2)13-21-7-6-12-37-28(22-15-23(31)27(33)24(32)16-22)30(39-35-29(21)37)10-4-3-5-11-30/h8-9,13-18,28H,3-7,10-12H2,1-2H3. The third kappa shape index (κ3) is 4.57. The van der Waals surface area contributed by atoms with Gasteiger partial charge in [-0.25, -0.2) is 18.2 Å². The lowest BCUT2D eigenvalue weighted by atomic mass is 9.75. The molecule has 0 amide bonds. The minimum atomic E-state index is -1.45. The van der Waals surface area contributed by atoms with E-state index in [9.17, 15) is 13.2 Å². The van der Waals surface area contributed by atoms with Crippen LogP contribution in [-0.2, 0) is 4.84 Å². The summed E-state index contributed by atoms with van der Waals surface area (Å²) >= 11 is 0. The molecule has 6 nitrogen and oxygen atoms in total. The first-order valence-corrected chi connectivity index (χ1v) is 13.5. The maximum absolute atomic E-state index is 14.4. The van der Waals surface area contributed by atoms with Gasteiger partial charge in [-0.1, -0.05) is 17.6 Å². The topological polar surface area (TPSA) is 51.9 Å². The molecule has 3 heterocycles. The average Bonchev–Trinajstić information content (AvgIpc) is 3.37. The van der Waals surface area contributed by atoms with E-state index in [0.29, 0.717) is 23.7 Å². The number of aromatic nitrogens is 2. The quantitative estimate of drug-likeness (QED) is 0.342. The third-order valence-corrected chi connectivity index (χ3v) is 8.08. The minimum absolute atomic E-state index is 0.378. The van der Waals surface area contributed by atoms with Crippen LogP contribution in [0.25, 0.3) is 11.8 Å². The van der Waals surface area contributed by atoms with Gasteiger partial charge in [-0.2, -0.15) is 0 Å². The summed E-state index contributed by atoms with van der Waals surface area (Å²) in [6.45, 7) is 2.60. The summed E-state index contributed by atoms with van der Waals surface area (Å²) < 4.78 is 50.4. The van der Waals surface area contributed by atoms with E-state index in [2.05, 4.69) is 21.1 Å². The van der Waals surface area contributed by atoms with Gasteiger partial charge in [-0.15, -0.1) is 0 Å². The Morgan fingerprint density at radius 2 is 1.82 bits per heavy atom. The lowest BCUT2D eigenvalue weighted by molar-refractivity contribution is -0.132. The van der Waals surface area contributed by atoms with Crippen molar-refractivity contribution < 1.29 is 22.7 Å². The summed E-state index contributed by atoms with van der Waals surface area (Å²) in [6.07, 6.45) is 11.7. The number of fused-ring (bicyclic) bond motifs is 1. The molecule has 1 atom stereocenters. The maximum Gasteiger partial charge on any atom is 0.194 e. The minimum Gasteiger partial charge on any atom is -0.495 e. The third-order valence-electron chi connectivity index (χ3n) is 8.08. The van der Waals surface area contributed by atoms with E-state index in [1.165, 1.54) is 0 Å². The number of hydrogen-bond donors (Lipinski definition) is 0. The fourth-order valence-corrected chi connectivity index (χ4v) is 6.29.